The Labute approximate surface area is 187 Å². The van der Waals surface area contributed by atoms with Gasteiger partial charge in [-0.3, -0.25) is 14.2 Å². The predicted octanol–water partition coefficient (Wildman–Crippen LogP) is 5.86. The highest BCUT2D eigenvalue weighted by Crippen LogP contribution is 2.39. The number of halogens is 4. The number of fused-ring (bicyclic) bond motifs is 1. The monoisotopic (exact) mass is 467 g/mol. The van der Waals surface area contributed by atoms with Crippen molar-refractivity contribution in [1.82, 2.24) is 4.57 Å². The average Bonchev–Trinajstić information content (AvgIpc) is 3.04. The minimum atomic E-state index is -1.31. The molecule has 0 aliphatic heterocycles. The summed E-state index contributed by atoms with van der Waals surface area (Å²) < 4.78 is 49.3. The standard InChI is InChI=1S/C23H21ClF3NO4/c1-4-5-8-32-23(31)11(2)18-12(3)28(17-10-16(26)21(29)20(27)19(17)18)22(30)13-6-7-14(24)15(25)9-13/h6-7,9-11,29H,4-5,8H2,1-3H3/t11-/m0/s1. The molecule has 9 heteroatoms. The third-order valence-electron chi connectivity index (χ3n) is 5.31. The summed E-state index contributed by atoms with van der Waals surface area (Å²) >= 11 is 5.68. The molecule has 1 heterocycles. The number of aromatic nitrogens is 1. The van der Waals surface area contributed by atoms with Crippen molar-refractivity contribution in [2.45, 2.75) is 39.5 Å². The lowest BCUT2D eigenvalue weighted by molar-refractivity contribution is -0.145. The Morgan fingerprint density at radius 1 is 1.19 bits per heavy atom. The fourth-order valence-electron chi connectivity index (χ4n) is 3.62. The number of carbonyl (C=O) groups excluding carboxylic acids is 2. The van der Waals surface area contributed by atoms with Crippen molar-refractivity contribution >= 4 is 34.4 Å². The predicted molar refractivity (Wildman–Crippen MR) is 114 cm³/mol. The lowest BCUT2D eigenvalue weighted by Gasteiger charge is -2.13. The number of nitrogens with zero attached hydrogens (tertiary/aromatic N) is 1. The summed E-state index contributed by atoms with van der Waals surface area (Å²) in [6.45, 7) is 5.01. The second-order valence-corrected chi connectivity index (χ2v) is 7.83. The summed E-state index contributed by atoms with van der Waals surface area (Å²) in [6.07, 6.45) is 1.44. The van der Waals surface area contributed by atoms with E-state index in [4.69, 9.17) is 16.3 Å². The SMILES string of the molecule is CCCCOC(=O)[C@@H](C)c1c(C)n(C(=O)c2ccc(Cl)c(F)c2)c2cc(F)c(O)c(F)c12. The van der Waals surface area contributed by atoms with Crippen LogP contribution >= 0.6 is 11.6 Å². The minimum Gasteiger partial charge on any atom is -0.503 e. The van der Waals surface area contributed by atoms with Crippen LogP contribution in [0.4, 0.5) is 13.2 Å². The number of phenolic OH excluding ortho intramolecular Hbond substituents is 1. The zero-order chi connectivity index (χ0) is 23.7. The van der Waals surface area contributed by atoms with Gasteiger partial charge in [-0.15, -0.1) is 0 Å². The van der Waals surface area contributed by atoms with E-state index in [9.17, 15) is 27.9 Å². The maximum absolute atomic E-state index is 15.0. The Balaban J connectivity index is 2.24. The number of esters is 1. The normalized spacial score (nSPS) is 12.2. The molecule has 0 aliphatic rings. The zero-order valence-corrected chi connectivity index (χ0v) is 18.4. The van der Waals surface area contributed by atoms with Crippen LogP contribution in [0.3, 0.4) is 0 Å². The highest BCUT2D eigenvalue weighted by Gasteiger charge is 2.31. The fraction of sp³-hybridized carbons (Fsp3) is 0.304. The number of phenols is 1. The quantitative estimate of drug-likeness (QED) is 0.364. The van der Waals surface area contributed by atoms with Crippen molar-refractivity contribution < 1.29 is 32.6 Å². The number of aromatic hydroxyl groups is 1. The van der Waals surface area contributed by atoms with Crippen LogP contribution in [0.2, 0.25) is 5.02 Å². The van der Waals surface area contributed by atoms with Gasteiger partial charge >= 0.3 is 5.97 Å². The van der Waals surface area contributed by atoms with Crippen molar-refractivity contribution in [3.63, 3.8) is 0 Å². The Kier molecular flexibility index (Phi) is 6.83. The van der Waals surface area contributed by atoms with Gasteiger partial charge in [0.25, 0.3) is 5.91 Å². The van der Waals surface area contributed by atoms with E-state index in [0.717, 1.165) is 23.1 Å². The highest BCUT2D eigenvalue weighted by atomic mass is 35.5. The number of ether oxygens (including phenoxy) is 1. The van der Waals surface area contributed by atoms with Gasteiger partial charge in [0.2, 0.25) is 0 Å². The van der Waals surface area contributed by atoms with Crippen molar-refractivity contribution in [3.05, 3.63) is 63.6 Å². The molecule has 0 aliphatic carbocycles. The number of hydrogen-bond acceptors (Lipinski definition) is 4. The van der Waals surface area contributed by atoms with Gasteiger partial charge in [0, 0.05) is 22.7 Å². The molecule has 1 atom stereocenters. The molecule has 170 valence electrons. The van der Waals surface area contributed by atoms with Gasteiger partial charge in [-0.25, -0.2) is 13.2 Å². The van der Waals surface area contributed by atoms with Crippen LogP contribution in [0, 0.1) is 24.4 Å². The lowest BCUT2D eigenvalue weighted by atomic mass is 9.97. The second-order valence-electron chi connectivity index (χ2n) is 7.43. The van der Waals surface area contributed by atoms with Crippen LogP contribution in [-0.4, -0.2) is 28.2 Å². The summed E-state index contributed by atoms with van der Waals surface area (Å²) in [7, 11) is 0. The van der Waals surface area contributed by atoms with Crippen molar-refractivity contribution in [2.75, 3.05) is 6.61 Å². The Morgan fingerprint density at radius 3 is 2.50 bits per heavy atom. The van der Waals surface area contributed by atoms with Gasteiger partial charge in [0.1, 0.15) is 5.82 Å². The smallest absolute Gasteiger partial charge is 0.313 e. The maximum atomic E-state index is 15.0. The average molecular weight is 468 g/mol. The van der Waals surface area contributed by atoms with Crippen LogP contribution in [0.1, 0.15) is 54.2 Å². The van der Waals surface area contributed by atoms with Crippen molar-refractivity contribution in [3.8, 4) is 5.75 Å². The molecule has 0 radical (unpaired) electrons. The first-order chi connectivity index (χ1) is 15.1. The zero-order valence-electron chi connectivity index (χ0n) is 17.6. The van der Waals surface area contributed by atoms with Crippen LogP contribution in [0.25, 0.3) is 10.9 Å². The first-order valence-corrected chi connectivity index (χ1v) is 10.4. The molecule has 0 fully saturated rings. The van der Waals surface area contributed by atoms with Crippen LogP contribution in [0.5, 0.6) is 5.75 Å². The molecule has 5 nitrogen and oxygen atoms in total. The Morgan fingerprint density at radius 2 is 1.88 bits per heavy atom. The van der Waals surface area contributed by atoms with Crippen molar-refractivity contribution in [1.29, 1.82) is 0 Å². The van der Waals surface area contributed by atoms with E-state index in [-0.39, 0.29) is 39.4 Å². The van der Waals surface area contributed by atoms with Gasteiger partial charge in [-0.05, 0) is 44.0 Å². The molecule has 1 aromatic heterocycles. The molecule has 32 heavy (non-hydrogen) atoms. The topological polar surface area (TPSA) is 68.5 Å². The number of carbonyl (C=O) groups is 2. The van der Waals surface area contributed by atoms with Gasteiger partial charge in [0.05, 0.1) is 23.1 Å². The lowest BCUT2D eigenvalue weighted by Crippen LogP contribution is -2.17. The fourth-order valence-corrected chi connectivity index (χ4v) is 3.74. The largest absolute Gasteiger partial charge is 0.503 e. The molecule has 0 unspecified atom stereocenters. The molecule has 0 bridgehead atoms. The molecular weight excluding hydrogens is 447 g/mol. The minimum absolute atomic E-state index is 0.0667. The van der Waals surface area contributed by atoms with Crippen LogP contribution in [0.15, 0.2) is 24.3 Å². The third kappa shape index (κ3) is 4.07. The number of benzene rings is 2. The molecule has 0 amide bonds. The second kappa shape index (κ2) is 9.24. The molecule has 0 saturated heterocycles. The van der Waals surface area contributed by atoms with Crippen LogP contribution < -0.4 is 0 Å². The highest BCUT2D eigenvalue weighted by molar-refractivity contribution is 6.30. The first-order valence-electron chi connectivity index (χ1n) is 9.98. The molecule has 0 spiro atoms. The van der Waals surface area contributed by atoms with Gasteiger partial charge in [0.15, 0.2) is 17.4 Å². The summed E-state index contributed by atoms with van der Waals surface area (Å²) in [5.74, 6) is -7.13. The van der Waals surface area contributed by atoms with E-state index >= 15 is 0 Å². The summed E-state index contributed by atoms with van der Waals surface area (Å²) in [4.78, 5) is 25.8. The van der Waals surface area contributed by atoms with E-state index in [1.165, 1.54) is 26.0 Å². The summed E-state index contributed by atoms with van der Waals surface area (Å²) in [5, 5.41) is 9.34. The molecule has 2 aromatic carbocycles. The summed E-state index contributed by atoms with van der Waals surface area (Å²) in [5.41, 5.74) is -0.134. The Bertz CT molecular complexity index is 1220. The van der Waals surface area contributed by atoms with E-state index in [1.54, 1.807) is 0 Å². The Hall–Kier alpha value is -3.00. The number of rotatable bonds is 6. The molecule has 3 rings (SSSR count). The van der Waals surface area contributed by atoms with Gasteiger partial charge in [-0.2, -0.15) is 0 Å². The molecule has 3 aromatic rings. The van der Waals surface area contributed by atoms with Crippen LogP contribution in [-0.2, 0) is 9.53 Å². The third-order valence-corrected chi connectivity index (χ3v) is 5.61. The first kappa shape index (κ1) is 23.7. The summed E-state index contributed by atoms with van der Waals surface area (Å²) in [6, 6.07) is 4.16. The van der Waals surface area contributed by atoms with Crippen molar-refractivity contribution in [2.24, 2.45) is 0 Å². The number of unbranched alkanes of at least 4 members (excludes halogenated alkanes) is 1. The van der Waals surface area contributed by atoms with E-state index in [1.807, 2.05) is 6.92 Å². The molecule has 0 saturated carbocycles. The van der Waals surface area contributed by atoms with E-state index < -0.39 is 41.0 Å². The van der Waals surface area contributed by atoms with Gasteiger partial charge < -0.3 is 9.84 Å². The van der Waals surface area contributed by atoms with E-state index in [2.05, 4.69) is 0 Å². The molecule has 1 N–H and O–H groups in total. The molecular formula is C23H21ClF3NO4. The van der Waals surface area contributed by atoms with E-state index in [0.29, 0.717) is 6.42 Å². The van der Waals surface area contributed by atoms with Gasteiger partial charge in [-0.1, -0.05) is 24.9 Å². The number of hydrogen-bond donors (Lipinski definition) is 1. The maximum Gasteiger partial charge on any atom is 0.313 e.